The van der Waals surface area contributed by atoms with Crippen LogP contribution < -0.4 is 5.32 Å². The Bertz CT molecular complexity index is 870. The molecule has 3 atom stereocenters. The highest BCUT2D eigenvalue weighted by atomic mass is 32.2. The molecule has 0 saturated carbocycles. The van der Waals surface area contributed by atoms with Gasteiger partial charge in [0, 0.05) is 16.9 Å². The molecule has 0 fully saturated rings. The Labute approximate surface area is 233 Å². The summed E-state index contributed by atoms with van der Waals surface area (Å²) < 4.78 is 0. The number of thioether (sulfide) groups is 1. The average molecular weight is 530 g/mol. The smallest absolute Gasteiger partial charge is 0.226 e. The topological polar surface area (TPSA) is 46.2 Å². The summed E-state index contributed by atoms with van der Waals surface area (Å²) in [5.74, 6) is 1.44. The first kappa shape index (κ1) is 33.5. The fraction of sp³-hybridized carbons (Fsp3) is 0.697. The van der Waals surface area contributed by atoms with Crippen molar-refractivity contribution >= 4 is 23.5 Å². The van der Waals surface area contributed by atoms with Crippen molar-refractivity contribution in [3.8, 4) is 0 Å². The molecule has 0 radical (unpaired) electrons. The van der Waals surface area contributed by atoms with Crippen molar-refractivity contribution < 1.29 is 9.59 Å². The van der Waals surface area contributed by atoms with Gasteiger partial charge in [0.1, 0.15) is 0 Å². The van der Waals surface area contributed by atoms with E-state index in [0.717, 1.165) is 44.3 Å². The molecule has 3 unspecified atom stereocenters. The van der Waals surface area contributed by atoms with E-state index in [0.29, 0.717) is 5.75 Å². The summed E-state index contributed by atoms with van der Waals surface area (Å²) in [5, 5.41) is 3.14. The molecule has 3 nitrogen and oxygen atoms in total. The number of amides is 1. The molecule has 0 heterocycles. The third-order valence-corrected chi connectivity index (χ3v) is 8.19. The van der Waals surface area contributed by atoms with Gasteiger partial charge in [0.15, 0.2) is 5.78 Å². The Kier molecular flexibility index (Phi) is 13.2. The van der Waals surface area contributed by atoms with Crippen LogP contribution in [0.2, 0.25) is 0 Å². The van der Waals surface area contributed by atoms with Gasteiger partial charge in [0.25, 0.3) is 0 Å². The molecule has 0 aliphatic heterocycles. The minimum Gasteiger partial charge on any atom is -0.345 e. The normalized spacial score (nSPS) is 16.7. The van der Waals surface area contributed by atoms with Gasteiger partial charge in [0.2, 0.25) is 5.91 Å². The SMILES string of the molecule is CCCC(C)(C=CC(C)(C)CC(C)(CCC)C(=O)NC(CSCc1ccccc1)C(C)=O)CC(C)(C)C. The lowest BCUT2D eigenvalue weighted by Gasteiger charge is -2.38. The number of rotatable bonds is 16. The predicted molar refractivity (Wildman–Crippen MR) is 163 cm³/mol. The maximum atomic E-state index is 13.7. The molecular weight excluding hydrogens is 474 g/mol. The fourth-order valence-electron chi connectivity index (χ4n) is 5.80. The molecule has 210 valence electrons. The lowest BCUT2D eigenvalue weighted by Crippen LogP contribution is -2.49. The molecule has 0 spiro atoms. The van der Waals surface area contributed by atoms with Crippen LogP contribution in [0.15, 0.2) is 42.5 Å². The summed E-state index contributed by atoms with van der Waals surface area (Å²) in [4.78, 5) is 26.1. The van der Waals surface area contributed by atoms with Crippen LogP contribution in [-0.4, -0.2) is 23.5 Å². The van der Waals surface area contributed by atoms with E-state index in [1.807, 2.05) is 18.2 Å². The van der Waals surface area contributed by atoms with E-state index in [1.165, 1.54) is 5.56 Å². The number of hydrogen-bond donors (Lipinski definition) is 1. The largest absolute Gasteiger partial charge is 0.345 e. The van der Waals surface area contributed by atoms with Crippen molar-refractivity contribution in [2.24, 2.45) is 21.7 Å². The average Bonchev–Trinajstić information content (AvgIpc) is 2.76. The highest BCUT2D eigenvalue weighted by molar-refractivity contribution is 7.98. The molecule has 0 saturated heterocycles. The number of ketones is 1. The van der Waals surface area contributed by atoms with E-state index in [2.05, 4.69) is 91.9 Å². The quantitative estimate of drug-likeness (QED) is 0.217. The minimum absolute atomic E-state index is 0.00217. The summed E-state index contributed by atoms with van der Waals surface area (Å²) in [7, 11) is 0. The van der Waals surface area contributed by atoms with Crippen molar-refractivity contribution in [1.29, 1.82) is 0 Å². The summed E-state index contributed by atoms with van der Waals surface area (Å²) >= 11 is 1.69. The van der Waals surface area contributed by atoms with E-state index >= 15 is 0 Å². The Balaban J connectivity index is 2.98. The van der Waals surface area contributed by atoms with Gasteiger partial charge in [-0.25, -0.2) is 0 Å². The maximum absolute atomic E-state index is 13.7. The number of hydrogen-bond acceptors (Lipinski definition) is 3. The standard InChI is InChI=1S/C33H55NO2S/c1-11-18-32(9,24-30(4,5)6)21-20-31(7,8)25-33(10,19-12-2)29(36)34-28(26(3)35)23-37-22-27-16-14-13-15-17-27/h13-17,20-21,28H,11-12,18-19,22-25H2,1-10H3,(H,34,36). The molecule has 1 aromatic rings. The van der Waals surface area contributed by atoms with Crippen molar-refractivity contribution in [2.75, 3.05) is 5.75 Å². The van der Waals surface area contributed by atoms with Crippen molar-refractivity contribution in [3.63, 3.8) is 0 Å². The molecule has 1 rings (SSSR count). The number of allylic oxidation sites excluding steroid dienone is 2. The molecule has 0 bridgehead atoms. The molecule has 0 aromatic heterocycles. The van der Waals surface area contributed by atoms with E-state index in [4.69, 9.17) is 0 Å². The number of Topliss-reactive ketones (excluding diaryl/α,β-unsaturated/α-hetero) is 1. The Hall–Kier alpha value is -1.55. The zero-order valence-electron chi connectivity index (χ0n) is 25.5. The molecular formula is C33H55NO2S. The lowest BCUT2D eigenvalue weighted by atomic mass is 9.68. The molecule has 1 amide bonds. The van der Waals surface area contributed by atoms with Gasteiger partial charge in [-0.1, -0.05) is 118 Å². The van der Waals surface area contributed by atoms with Gasteiger partial charge >= 0.3 is 0 Å². The zero-order valence-corrected chi connectivity index (χ0v) is 26.3. The van der Waals surface area contributed by atoms with Crippen LogP contribution in [0.4, 0.5) is 0 Å². The van der Waals surface area contributed by atoms with Crippen LogP contribution in [0.1, 0.15) is 113 Å². The van der Waals surface area contributed by atoms with Crippen molar-refractivity contribution in [1.82, 2.24) is 5.32 Å². The highest BCUT2D eigenvalue weighted by Crippen LogP contribution is 2.42. The third-order valence-electron chi connectivity index (χ3n) is 7.08. The first-order chi connectivity index (χ1) is 17.0. The van der Waals surface area contributed by atoms with Gasteiger partial charge < -0.3 is 5.32 Å². The summed E-state index contributed by atoms with van der Waals surface area (Å²) in [6.07, 6.45) is 10.7. The highest BCUT2D eigenvalue weighted by Gasteiger charge is 2.39. The first-order valence-corrected chi connectivity index (χ1v) is 15.3. The zero-order chi connectivity index (χ0) is 28.3. The molecule has 37 heavy (non-hydrogen) atoms. The van der Waals surface area contributed by atoms with E-state index in [9.17, 15) is 9.59 Å². The molecule has 0 aliphatic carbocycles. The van der Waals surface area contributed by atoms with E-state index < -0.39 is 11.5 Å². The second-order valence-electron chi connectivity index (χ2n) is 13.6. The monoisotopic (exact) mass is 529 g/mol. The van der Waals surface area contributed by atoms with Crippen LogP contribution in [0.5, 0.6) is 0 Å². The van der Waals surface area contributed by atoms with Gasteiger partial charge in [0.05, 0.1) is 6.04 Å². The van der Waals surface area contributed by atoms with Crippen molar-refractivity contribution in [2.45, 2.75) is 120 Å². The molecule has 1 N–H and O–H groups in total. The Morgan fingerprint density at radius 2 is 1.49 bits per heavy atom. The summed E-state index contributed by atoms with van der Waals surface area (Å²) in [6.45, 7) is 21.8. The van der Waals surface area contributed by atoms with Crippen LogP contribution in [0, 0.1) is 21.7 Å². The van der Waals surface area contributed by atoms with Gasteiger partial charge in [-0.3, -0.25) is 9.59 Å². The predicted octanol–water partition coefficient (Wildman–Crippen LogP) is 9.02. The van der Waals surface area contributed by atoms with Gasteiger partial charge in [-0.15, -0.1) is 0 Å². The Morgan fingerprint density at radius 1 is 0.892 bits per heavy atom. The third kappa shape index (κ3) is 12.7. The van der Waals surface area contributed by atoms with E-state index in [-0.39, 0.29) is 27.9 Å². The van der Waals surface area contributed by atoms with Crippen LogP contribution in [0.25, 0.3) is 0 Å². The van der Waals surface area contributed by atoms with Crippen LogP contribution >= 0.6 is 11.8 Å². The second kappa shape index (κ2) is 14.6. The number of carbonyl (C=O) groups excluding carboxylic acids is 2. The summed E-state index contributed by atoms with van der Waals surface area (Å²) in [6, 6.07) is 9.79. The molecule has 0 aliphatic rings. The lowest BCUT2D eigenvalue weighted by molar-refractivity contribution is -0.135. The van der Waals surface area contributed by atoms with Gasteiger partial charge in [-0.05, 0) is 54.4 Å². The number of benzene rings is 1. The van der Waals surface area contributed by atoms with Gasteiger partial charge in [-0.2, -0.15) is 11.8 Å². The number of nitrogens with one attached hydrogen (secondary N) is 1. The Morgan fingerprint density at radius 3 is 2.00 bits per heavy atom. The van der Waals surface area contributed by atoms with Crippen molar-refractivity contribution in [3.05, 3.63) is 48.0 Å². The second-order valence-corrected chi connectivity index (χ2v) is 14.6. The number of carbonyl (C=O) groups is 2. The van der Waals surface area contributed by atoms with E-state index in [1.54, 1.807) is 18.7 Å². The summed E-state index contributed by atoms with van der Waals surface area (Å²) in [5.41, 5.74) is 0.957. The maximum Gasteiger partial charge on any atom is 0.226 e. The van der Waals surface area contributed by atoms with Crippen LogP contribution in [0.3, 0.4) is 0 Å². The first-order valence-electron chi connectivity index (χ1n) is 14.2. The molecule has 1 aromatic carbocycles. The fourth-order valence-corrected chi connectivity index (χ4v) is 6.90. The van der Waals surface area contributed by atoms with Crippen LogP contribution in [-0.2, 0) is 15.3 Å². The molecule has 4 heteroatoms. The minimum atomic E-state index is -0.536.